The second kappa shape index (κ2) is 5.08. The van der Waals surface area contributed by atoms with Gasteiger partial charge in [-0.15, -0.1) is 0 Å². The van der Waals surface area contributed by atoms with Crippen molar-refractivity contribution < 1.29 is 19.1 Å². The van der Waals surface area contributed by atoms with Crippen LogP contribution in [0.5, 0.6) is 11.5 Å². The van der Waals surface area contributed by atoms with E-state index >= 15 is 0 Å². The number of nitrogens with zero attached hydrogens (tertiary/aromatic N) is 1. The van der Waals surface area contributed by atoms with Gasteiger partial charge in [-0.1, -0.05) is 5.16 Å². The van der Waals surface area contributed by atoms with Crippen LogP contribution in [0.25, 0.3) is 0 Å². The largest absolute Gasteiger partial charge is 0.493 e. The number of carbonyl (C=O) groups is 1. The minimum absolute atomic E-state index is 0.420. The maximum Gasteiger partial charge on any atom is 0.331 e. The van der Waals surface area contributed by atoms with E-state index < -0.39 is 5.97 Å². The zero-order chi connectivity index (χ0) is 13.1. The summed E-state index contributed by atoms with van der Waals surface area (Å²) in [5.74, 6) is 1.00. The molecule has 0 N–H and O–H groups in total. The van der Waals surface area contributed by atoms with Gasteiger partial charge >= 0.3 is 5.97 Å². The number of hydrogen-bond acceptors (Lipinski definition) is 5. The van der Waals surface area contributed by atoms with Crippen LogP contribution in [0, 0.1) is 0 Å². The third-order valence-corrected chi connectivity index (χ3v) is 2.86. The summed E-state index contributed by atoms with van der Waals surface area (Å²) in [5, 5.41) is 3.87. The molecule has 0 saturated carbocycles. The highest BCUT2D eigenvalue weighted by Crippen LogP contribution is 2.38. The Labute approximate surface area is 105 Å². The Morgan fingerprint density at radius 1 is 1.22 bits per heavy atom. The Morgan fingerprint density at radius 3 is 2.61 bits per heavy atom. The van der Waals surface area contributed by atoms with Crippen molar-refractivity contribution in [3.8, 4) is 11.5 Å². The van der Waals surface area contributed by atoms with E-state index in [9.17, 15) is 4.79 Å². The van der Waals surface area contributed by atoms with Crippen LogP contribution in [-0.2, 0) is 16.1 Å². The molecule has 0 bridgehead atoms. The molecular formula is C13H15NO4. The van der Waals surface area contributed by atoms with Crippen molar-refractivity contribution in [3.63, 3.8) is 0 Å². The van der Waals surface area contributed by atoms with Crippen LogP contribution in [0.3, 0.4) is 0 Å². The van der Waals surface area contributed by atoms with Gasteiger partial charge in [0.1, 0.15) is 0 Å². The zero-order valence-corrected chi connectivity index (χ0v) is 10.6. The summed E-state index contributed by atoms with van der Waals surface area (Å²) in [6, 6.07) is 3.73. The fourth-order valence-electron chi connectivity index (χ4n) is 2.10. The summed E-state index contributed by atoms with van der Waals surface area (Å²) < 4.78 is 10.6. The van der Waals surface area contributed by atoms with E-state index in [1.54, 1.807) is 14.2 Å². The summed E-state index contributed by atoms with van der Waals surface area (Å²) in [7, 11) is 3.21. The van der Waals surface area contributed by atoms with E-state index in [1.165, 1.54) is 6.92 Å². The second-order valence-electron chi connectivity index (χ2n) is 3.95. The smallest absolute Gasteiger partial charge is 0.331 e. The molecule has 0 heterocycles. The number of fused-ring (bicyclic) bond motifs is 1. The number of hydrogen-bond donors (Lipinski definition) is 0. The highest BCUT2D eigenvalue weighted by molar-refractivity contribution is 6.05. The van der Waals surface area contributed by atoms with Crippen molar-refractivity contribution in [2.75, 3.05) is 14.2 Å². The van der Waals surface area contributed by atoms with Crippen LogP contribution < -0.4 is 9.47 Å². The summed E-state index contributed by atoms with van der Waals surface area (Å²) >= 11 is 0. The van der Waals surface area contributed by atoms with Crippen LogP contribution in [0.2, 0.25) is 0 Å². The third-order valence-electron chi connectivity index (χ3n) is 2.86. The Morgan fingerprint density at radius 2 is 2.00 bits per heavy atom. The number of carbonyl (C=O) groups excluding carboxylic acids is 1. The lowest BCUT2D eigenvalue weighted by atomic mass is 10.1. The highest BCUT2D eigenvalue weighted by atomic mass is 16.7. The van der Waals surface area contributed by atoms with Crippen LogP contribution in [0.1, 0.15) is 24.5 Å². The van der Waals surface area contributed by atoms with Gasteiger partial charge in [0.05, 0.1) is 19.9 Å². The standard InChI is InChI=1S/C13H15NO4/c1-8(15)18-14-11-6-4-10-9(11)5-7-12(16-2)13(10)17-3/h5,7H,4,6H2,1-3H3/b14-11+. The third kappa shape index (κ3) is 2.16. The first-order valence-corrected chi connectivity index (χ1v) is 5.66. The molecule has 0 amide bonds. The van der Waals surface area contributed by atoms with Crippen LogP contribution in [0.4, 0.5) is 0 Å². The van der Waals surface area contributed by atoms with Crippen molar-refractivity contribution in [2.45, 2.75) is 19.8 Å². The first kappa shape index (κ1) is 12.4. The van der Waals surface area contributed by atoms with Gasteiger partial charge in [0.15, 0.2) is 11.5 Å². The lowest BCUT2D eigenvalue weighted by Gasteiger charge is -2.11. The molecule has 0 fully saturated rings. The average Bonchev–Trinajstić information content (AvgIpc) is 2.78. The molecule has 1 aromatic rings. The fourth-order valence-corrected chi connectivity index (χ4v) is 2.10. The van der Waals surface area contributed by atoms with Gasteiger partial charge in [0, 0.05) is 18.1 Å². The first-order chi connectivity index (χ1) is 8.67. The van der Waals surface area contributed by atoms with Crippen LogP contribution in [-0.4, -0.2) is 25.9 Å². The predicted octanol–water partition coefficient (Wildman–Crippen LogP) is 1.92. The lowest BCUT2D eigenvalue weighted by molar-refractivity contribution is -0.140. The Bertz CT molecular complexity index is 508. The molecule has 2 rings (SSSR count). The van der Waals surface area contributed by atoms with E-state index in [2.05, 4.69) is 9.99 Å². The average molecular weight is 249 g/mol. The van der Waals surface area contributed by atoms with Gasteiger partial charge in [-0.2, -0.15) is 0 Å². The van der Waals surface area contributed by atoms with Crippen molar-refractivity contribution in [1.29, 1.82) is 0 Å². The molecule has 5 nitrogen and oxygen atoms in total. The molecular weight excluding hydrogens is 234 g/mol. The van der Waals surface area contributed by atoms with Gasteiger partial charge in [-0.25, -0.2) is 4.79 Å². The SMILES string of the molecule is COc1ccc2c(c1OC)CC/C2=N\OC(C)=O. The molecule has 18 heavy (non-hydrogen) atoms. The molecule has 0 aromatic heterocycles. The molecule has 0 spiro atoms. The van der Waals surface area contributed by atoms with Gasteiger partial charge in [0.25, 0.3) is 0 Å². The summed E-state index contributed by atoms with van der Waals surface area (Å²) in [6.45, 7) is 1.33. The molecule has 0 atom stereocenters. The molecule has 96 valence electrons. The minimum atomic E-state index is -0.420. The summed E-state index contributed by atoms with van der Waals surface area (Å²) in [4.78, 5) is 15.5. The Hall–Kier alpha value is -2.04. The molecule has 1 aliphatic carbocycles. The lowest BCUT2D eigenvalue weighted by Crippen LogP contribution is -2.00. The number of methoxy groups -OCH3 is 2. The van der Waals surface area contributed by atoms with Crippen LogP contribution >= 0.6 is 0 Å². The van der Waals surface area contributed by atoms with E-state index in [0.29, 0.717) is 5.75 Å². The highest BCUT2D eigenvalue weighted by Gasteiger charge is 2.24. The van der Waals surface area contributed by atoms with Gasteiger partial charge in [0.2, 0.25) is 0 Å². The van der Waals surface area contributed by atoms with Crippen LogP contribution in [0.15, 0.2) is 17.3 Å². The molecule has 0 unspecified atom stereocenters. The predicted molar refractivity (Wildman–Crippen MR) is 66.2 cm³/mol. The molecule has 0 saturated heterocycles. The molecule has 1 aromatic carbocycles. The van der Waals surface area contributed by atoms with Gasteiger partial charge in [-0.3, -0.25) is 0 Å². The number of rotatable bonds is 3. The second-order valence-corrected chi connectivity index (χ2v) is 3.95. The van der Waals surface area contributed by atoms with Crippen molar-refractivity contribution in [2.24, 2.45) is 5.16 Å². The van der Waals surface area contributed by atoms with E-state index in [1.807, 2.05) is 12.1 Å². The maximum atomic E-state index is 10.8. The van der Waals surface area contributed by atoms with Crippen molar-refractivity contribution >= 4 is 11.7 Å². The zero-order valence-electron chi connectivity index (χ0n) is 10.6. The topological polar surface area (TPSA) is 57.1 Å². The monoisotopic (exact) mass is 249 g/mol. The summed E-state index contributed by atoms with van der Waals surface area (Å²) in [5.41, 5.74) is 2.76. The van der Waals surface area contributed by atoms with E-state index in [-0.39, 0.29) is 0 Å². The molecule has 0 radical (unpaired) electrons. The van der Waals surface area contributed by atoms with Gasteiger partial charge in [-0.05, 0) is 25.0 Å². The minimum Gasteiger partial charge on any atom is -0.493 e. The number of oxime groups is 1. The number of ether oxygens (including phenoxy) is 2. The Kier molecular flexibility index (Phi) is 3.50. The van der Waals surface area contributed by atoms with Crippen molar-refractivity contribution in [3.05, 3.63) is 23.3 Å². The summed E-state index contributed by atoms with van der Waals surface area (Å²) in [6.07, 6.45) is 1.53. The first-order valence-electron chi connectivity index (χ1n) is 5.66. The number of benzene rings is 1. The van der Waals surface area contributed by atoms with Crippen molar-refractivity contribution in [1.82, 2.24) is 0 Å². The van der Waals surface area contributed by atoms with Gasteiger partial charge < -0.3 is 14.3 Å². The normalized spacial score (nSPS) is 15.4. The molecule has 5 heteroatoms. The maximum absolute atomic E-state index is 10.8. The van der Waals surface area contributed by atoms with E-state index in [0.717, 1.165) is 35.4 Å². The molecule has 0 aliphatic heterocycles. The Balaban J connectivity index is 2.40. The fraction of sp³-hybridized carbons (Fsp3) is 0.385. The molecule has 1 aliphatic rings. The quantitative estimate of drug-likeness (QED) is 0.606. The van der Waals surface area contributed by atoms with E-state index in [4.69, 9.17) is 9.47 Å².